The lowest BCUT2D eigenvalue weighted by atomic mass is 9.86. The lowest BCUT2D eigenvalue weighted by Gasteiger charge is -2.21. The van der Waals surface area contributed by atoms with Crippen molar-refractivity contribution in [1.82, 2.24) is 0 Å². The van der Waals surface area contributed by atoms with Gasteiger partial charge in [-0.25, -0.2) is 0 Å². The first-order valence-electron chi connectivity index (χ1n) is 6.21. The summed E-state index contributed by atoms with van der Waals surface area (Å²) in [6.07, 6.45) is 6.45. The van der Waals surface area contributed by atoms with Gasteiger partial charge in [-0.1, -0.05) is 26.8 Å². The number of benzene rings is 1. The monoisotopic (exact) mass is 261 g/mol. The molecule has 0 bridgehead atoms. The molecule has 0 heterocycles. The van der Waals surface area contributed by atoms with Crippen LogP contribution in [0.4, 0.5) is 5.69 Å². The Hall–Kier alpha value is -1.15. The Morgan fingerprint density at radius 1 is 1.17 bits per heavy atom. The third-order valence-corrected chi connectivity index (χ3v) is 3.21. The quantitative estimate of drug-likeness (QED) is 0.597. The normalized spacial score (nSPS) is 13.1. The molecule has 0 aliphatic heterocycles. The molecule has 98 valence electrons. The molecule has 0 amide bonds. The van der Waals surface area contributed by atoms with E-state index in [2.05, 4.69) is 82.8 Å². The molecule has 0 atom stereocenters. The summed E-state index contributed by atoms with van der Waals surface area (Å²) in [5, 5.41) is 0. The second-order valence-electron chi connectivity index (χ2n) is 5.44. The van der Waals surface area contributed by atoms with Gasteiger partial charge in [0.2, 0.25) is 0 Å². The van der Waals surface area contributed by atoms with Gasteiger partial charge in [0.05, 0.1) is 0 Å². The molecular formula is C16H23NS. The highest BCUT2D eigenvalue weighted by molar-refractivity contribution is 7.80. The first-order valence-corrected chi connectivity index (χ1v) is 6.66. The molecule has 0 saturated heterocycles. The van der Waals surface area contributed by atoms with Crippen molar-refractivity contribution in [2.24, 2.45) is 5.41 Å². The molecule has 0 aliphatic rings. The Labute approximate surface area is 117 Å². The fraction of sp³-hybridized carbons (Fsp3) is 0.375. The Kier molecular flexibility index (Phi) is 5.09. The molecule has 18 heavy (non-hydrogen) atoms. The highest BCUT2D eigenvalue weighted by atomic mass is 32.1. The molecule has 0 fully saturated rings. The van der Waals surface area contributed by atoms with Crippen LogP contribution in [0.1, 0.15) is 27.7 Å². The number of hydrogen-bond acceptors (Lipinski definition) is 2. The molecule has 1 nitrogen and oxygen atoms in total. The molecule has 0 N–H and O–H groups in total. The van der Waals surface area contributed by atoms with Crippen LogP contribution in [0.5, 0.6) is 0 Å². The van der Waals surface area contributed by atoms with Gasteiger partial charge in [-0.2, -0.15) is 0 Å². The summed E-state index contributed by atoms with van der Waals surface area (Å²) in [5.41, 5.74) is 2.68. The van der Waals surface area contributed by atoms with Crippen molar-refractivity contribution in [2.75, 3.05) is 11.9 Å². The Balaban J connectivity index is 2.81. The summed E-state index contributed by atoms with van der Waals surface area (Å²) < 4.78 is 0. The minimum absolute atomic E-state index is 0.182. The Morgan fingerprint density at radius 3 is 2.17 bits per heavy atom. The van der Waals surface area contributed by atoms with Crippen LogP contribution in [0, 0.1) is 5.41 Å². The van der Waals surface area contributed by atoms with Crippen LogP contribution in [0.2, 0.25) is 0 Å². The maximum absolute atomic E-state index is 4.29. The van der Waals surface area contributed by atoms with Crippen molar-refractivity contribution in [3.63, 3.8) is 0 Å². The fourth-order valence-corrected chi connectivity index (χ4v) is 1.89. The van der Waals surface area contributed by atoms with Crippen molar-refractivity contribution in [2.45, 2.75) is 32.6 Å². The van der Waals surface area contributed by atoms with Crippen LogP contribution in [0.3, 0.4) is 0 Å². The predicted molar refractivity (Wildman–Crippen MR) is 84.4 cm³/mol. The fourth-order valence-electron chi connectivity index (χ4n) is 1.75. The van der Waals surface area contributed by atoms with E-state index in [1.54, 1.807) is 0 Å². The maximum atomic E-state index is 4.29. The van der Waals surface area contributed by atoms with E-state index in [9.17, 15) is 0 Å². The molecule has 1 rings (SSSR count). The average molecular weight is 261 g/mol. The average Bonchev–Trinajstić information content (AvgIpc) is 2.28. The third-order valence-electron chi connectivity index (χ3n) is 2.91. The number of rotatable bonds is 3. The lowest BCUT2D eigenvalue weighted by molar-refractivity contribution is 0.516. The minimum Gasteiger partial charge on any atom is -0.351 e. The molecule has 0 aliphatic carbocycles. The molecule has 0 radical (unpaired) electrons. The SMILES string of the molecule is C/C=C(\C=C/N(C)c1ccc(S)cc1)C(C)(C)C. The Bertz CT molecular complexity index is 435. The van der Waals surface area contributed by atoms with Gasteiger partial charge in [0.15, 0.2) is 0 Å². The van der Waals surface area contributed by atoms with E-state index in [0.29, 0.717) is 0 Å². The van der Waals surface area contributed by atoms with Gasteiger partial charge in [0.1, 0.15) is 0 Å². The first kappa shape index (κ1) is 14.9. The van der Waals surface area contributed by atoms with E-state index in [4.69, 9.17) is 0 Å². The van der Waals surface area contributed by atoms with Crippen LogP contribution in [0.25, 0.3) is 0 Å². The molecule has 0 saturated carbocycles. The smallest absolute Gasteiger partial charge is 0.0404 e. The number of anilines is 1. The van der Waals surface area contributed by atoms with E-state index >= 15 is 0 Å². The largest absolute Gasteiger partial charge is 0.351 e. The number of hydrogen-bond donors (Lipinski definition) is 1. The summed E-state index contributed by atoms with van der Waals surface area (Å²) >= 11 is 4.29. The maximum Gasteiger partial charge on any atom is 0.0404 e. The summed E-state index contributed by atoms with van der Waals surface area (Å²) in [5.74, 6) is 0. The van der Waals surface area contributed by atoms with Gasteiger partial charge in [-0.15, -0.1) is 12.6 Å². The van der Waals surface area contributed by atoms with Crippen LogP contribution in [-0.2, 0) is 0 Å². The van der Waals surface area contributed by atoms with Crippen LogP contribution in [-0.4, -0.2) is 7.05 Å². The molecular weight excluding hydrogens is 238 g/mol. The summed E-state index contributed by atoms with van der Waals surface area (Å²) in [6.45, 7) is 8.76. The van der Waals surface area contributed by atoms with Crippen molar-refractivity contribution in [1.29, 1.82) is 0 Å². The van der Waals surface area contributed by atoms with E-state index < -0.39 is 0 Å². The third kappa shape index (κ3) is 4.26. The first-order chi connectivity index (χ1) is 8.34. The van der Waals surface area contributed by atoms with Crippen molar-refractivity contribution >= 4 is 18.3 Å². The second kappa shape index (κ2) is 6.14. The molecule has 0 spiro atoms. The zero-order valence-corrected chi connectivity index (χ0v) is 12.8. The van der Waals surface area contributed by atoms with Crippen molar-refractivity contribution < 1.29 is 0 Å². The van der Waals surface area contributed by atoms with E-state index in [-0.39, 0.29) is 5.41 Å². The predicted octanol–water partition coefficient (Wildman–Crippen LogP) is 4.92. The zero-order valence-electron chi connectivity index (χ0n) is 11.9. The standard InChI is InChI=1S/C16H23NS/c1-6-13(16(2,3)4)11-12-17(5)14-7-9-15(18)10-8-14/h6-12,18H,1-5H3/b12-11-,13-6+. The van der Waals surface area contributed by atoms with Crippen molar-refractivity contribution in [3.8, 4) is 0 Å². The molecule has 1 aromatic carbocycles. The van der Waals surface area contributed by atoms with Gasteiger partial charge in [0, 0.05) is 23.8 Å². The number of thiol groups is 1. The van der Waals surface area contributed by atoms with Gasteiger partial charge in [-0.05, 0) is 48.3 Å². The van der Waals surface area contributed by atoms with Gasteiger partial charge < -0.3 is 4.90 Å². The van der Waals surface area contributed by atoms with Crippen LogP contribution in [0.15, 0.2) is 53.1 Å². The molecule has 0 aromatic heterocycles. The van der Waals surface area contributed by atoms with Crippen LogP contribution < -0.4 is 4.90 Å². The van der Waals surface area contributed by atoms with Crippen LogP contribution >= 0.6 is 12.6 Å². The highest BCUT2D eigenvalue weighted by Gasteiger charge is 2.13. The molecule has 2 heteroatoms. The topological polar surface area (TPSA) is 3.24 Å². The van der Waals surface area contributed by atoms with E-state index in [0.717, 1.165) is 10.6 Å². The lowest BCUT2D eigenvalue weighted by Crippen LogP contribution is -2.11. The van der Waals surface area contributed by atoms with Crippen molar-refractivity contribution in [3.05, 3.63) is 48.2 Å². The molecule has 0 unspecified atom stereocenters. The zero-order chi connectivity index (χ0) is 13.8. The van der Waals surface area contributed by atoms with E-state index in [1.165, 1.54) is 5.57 Å². The van der Waals surface area contributed by atoms with Gasteiger partial charge in [-0.3, -0.25) is 0 Å². The Morgan fingerprint density at radius 2 is 1.72 bits per heavy atom. The summed E-state index contributed by atoms with van der Waals surface area (Å²) in [6, 6.07) is 8.14. The minimum atomic E-state index is 0.182. The summed E-state index contributed by atoms with van der Waals surface area (Å²) in [7, 11) is 2.06. The number of allylic oxidation sites excluding steroid dienone is 3. The summed E-state index contributed by atoms with van der Waals surface area (Å²) in [4.78, 5) is 3.10. The highest BCUT2D eigenvalue weighted by Crippen LogP contribution is 2.26. The second-order valence-corrected chi connectivity index (χ2v) is 5.95. The number of nitrogens with zero attached hydrogens (tertiary/aromatic N) is 1. The van der Waals surface area contributed by atoms with Gasteiger partial charge in [0.25, 0.3) is 0 Å². The van der Waals surface area contributed by atoms with E-state index in [1.807, 2.05) is 12.1 Å². The molecule has 1 aromatic rings. The van der Waals surface area contributed by atoms with Gasteiger partial charge >= 0.3 is 0 Å².